The average Bonchev–Trinajstić information content (AvgIpc) is 3.47. The lowest BCUT2D eigenvalue weighted by molar-refractivity contribution is -0.139. The van der Waals surface area contributed by atoms with E-state index in [9.17, 15) is 33.1 Å². The van der Waals surface area contributed by atoms with Gasteiger partial charge in [-0.25, -0.2) is 8.78 Å². The van der Waals surface area contributed by atoms with Crippen LogP contribution < -0.4 is 25.4 Å². The standard InChI is InChI=1S/C36H44F2N6O7/c1-50-28-12-11-23(18-29(28)51-2)20-40-35(49)33(47)27-19-36(37,38)22-44(27)31(46)21-41-34(48)25-13-14-39-32-24(25)8-6-9-26(32)42-30(45)10-7-17-43-15-4-3-5-16-43/h6,8-9,11-14,18,27,33,47H,3-5,7,10,15-17,19-22H2,1-2H3,(H,40,49)(H,41,48)(H,42,45)/t27-,33?/m0/s1. The molecule has 0 bridgehead atoms. The Morgan fingerprint density at radius 3 is 2.53 bits per heavy atom. The van der Waals surface area contributed by atoms with Gasteiger partial charge in [0.25, 0.3) is 17.7 Å². The molecule has 274 valence electrons. The summed E-state index contributed by atoms with van der Waals surface area (Å²) in [6, 6.07) is 9.85. The van der Waals surface area contributed by atoms with Gasteiger partial charge >= 0.3 is 0 Å². The second-order valence-corrected chi connectivity index (χ2v) is 12.8. The van der Waals surface area contributed by atoms with E-state index in [1.807, 2.05) is 0 Å². The maximum Gasteiger partial charge on any atom is 0.267 e. The molecule has 0 saturated carbocycles. The molecule has 13 nitrogen and oxygen atoms in total. The zero-order valence-corrected chi connectivity index (χ0v) is 28.8. The predicted molar refractivity (Wildman–Crippen MR) is 185 cm³/mol. The summed E-state index contributed by atoms with van der Waals surface area (Å²) in [5.74, 6) is -5.14. The summed E-state index contributed by atoms with van der Waals surface area (Å²) >= 11 is 0. The number of carbonyl (C=O) groups is 4. The maximum absolute atomic E-state index is 14.6. The van der Waals surface area contributed by atoms with Crippen molar-refractivity contribution in [2.45, 2.75) is 63.1 Å². The Hall–Kier alpha value is -4.89. The van der Waals surface area contributed by atoms with E-state index in [0.717, 1.165) is 31.0 Å². The molecule has 2 atom stereocenters. The topological polar surface area (TPSA) is 162 Å². The highest BCUT2D eigenvalue weighted by molar-refractivity contribution is 6.10. The van der Waals surface area contributed by atoms with Gasteiger partial charge in [-0.2, -0.15) is 0 Å². The molecule has 2 saturated heterocycles. The summed E-state index contributed by atoms with van der Waals surface area (Å²) in [6.07, 6.45) is 3.17. The number of aliphatic hydroxyl groups excluding tert-OH is 1. The number of aliphatic hydroxyl groups is 1. The van der Waals surface area contributed by atoms with Crippen molar-refractivity contribution in [3.8, 4) is 11.5 Å². The SMILES string of the molecule is COc1ccc(CNC(=O)C(O)[C@@H]2CC(F)(F)CN2C(=O)CNC(=O)c2ccnc3c(NC(=O)CCCN4CCCCC4)cccc23)cc1OC. The number of pyridine rings is 1. The van der Waals surface area contributed by atoms with Crippen LogP contribution in [-0.2, 0) is 20.9 Å². The second kappa shape index (κ2) is 16.9. The molecule has 2 fully saturated rings. The molecular weight excluding hydrogens is 666 g/mol. The highest BCUT2D eigenvalue weighted by Crippen LogP contribution is 2.34. The first kappa shape index (κ1) is 37.4. The number of aromatic nitrogens is 1. The molecule has 51 heavy (non-hydrogen) atoms. The maximum atomic E-state index is 14.6. The van der Waals surface area contributed by atoms with Crippen LogP contribution in [0.1, 0.15) is 54.4 Å². The number of hydrogen-bond donors (Lipinski definition) is 4. The molecule has 3 heterocycles. The molecule has 4 amide bonds. The number of likely N-dealkylation sites (tertiary alicyclic amines) is 2. The largest absolute Gasteiger partial charge is 0.493 e. The third-order valence-electron chi connectivity index (χ3n) is 9.19. The summed E-state index contributed by atoms with van der Waals surface area (Å²) in [5.41, 5.74) is 1.57. The Morgan fingerprint density at radius 2 is 1.78 bits per heavy atom. The summed E-state index contributed by atoms with van der Waals surface area (Å²) in [7, 11) is 2.93. The smallest absolute Gasteiger partial charge is 0.267 e. The Morgan fingerprint density at radius 1 is 1.02 bits per heavy atom. The van der Waals surface area contributed by atoms with Crippen molar-refractivity contribution < 1.29 is 42.5 Å². The number of fused-ring (bicyclic) bond motifs is 1. The fourth-order valence-electron chi connectivity index (χ4n) is 6.55. The molecular formula is C36H44F2N6O7. The van der Waals surface area contributed by atoms with Crippen LogP contribution in [0, 0.1) is 0 Å². The molecule has 0 spiro atoms. The minimum Gasteiger partial charge on any atom is -0.493 e. The number of amides is 4. The predicted octanol–water partition coefficient (Wildman–Crippen LogP) is 3.10. The Kier molecular flexibility index (Phi) is 12.4. The van der Waals surface area contributed by atoms with Crippen LogP contribution in [0.2, 0.25) is 0 Å². The molecule has 1 unspecified atom stereocenters. The number of anilines is 1. The van der Waals surface area contributed by atoms with Crippen LogP contribution >= 0.6 is 0 Å². The van der Waals surface area contributed by atoms with Crippen molar-refractivity contribution in [3.05, 3.63) is 59.8 Å². The highest BCUT2D eigenvalue weighted by Gasteiger charge is 2.51. The lowest BCUT2D eigenvalue weighted by Gasteiger charge is -2.27. The monoisotopic (exact) mass is 710 g/mol. The molecule has 2 aromatic carbocycles. The molecule has 15 heteroatoms. The lowest BCUT2D eigenvalue weighted by Crippen LogP contribution is -2.51. The van der Waals surface area contributed by atoms with Crippen molar-refractivity contribution >= 4 is 40.2 Å². The zero-order chi connectivity index (χ0) is 36.5. The number of nitrogens with zero attached hydrogens (tertiary/aromatic N) is 3. The van der Waals surface area contributed by atoms with Gasteiger partial charge in [-0.05, 0) is 68.7 Å². The quantitative estimate of drug-likeness (QED) is 0.197. The van der Waals surface area contributed by atoms with Crippen LogP contribution in [0.4, 0.5) is 14.5 Å². The summed E-state index contributed by atoms with van der Waals surface area (Å²) in [5, 5.41) is 19.1. The van der Waals surface area contributed by atoms with Gasteiger partial charge in [-0.1, -0.05) is 24.6 Å². The van der Waals surface area contributed by atoms with Gasteiger partial charge in [-0.3, -0.25) is 24.2 Å². The van der Waals surface area contributed by atoms with Gasteiger partial charge in [-0.15, -0.1) is 0 Å². The number of halogens is 2. The number of para-hydroxylation sites is 1. The first-order chi connectivity index (χ1) is 24.5. The van der Waals surface area contributed by atoms with Crippen molar-refractivity contribution in [3.63, 3.8) is 0 Å². The number of benzene rings is 2. The number of hydrogen-bond acceptors (Lipinski definition) is 9. The van der Waals surface area contributed by atoms with E-state index < -0.39 is 55.3 Å². The van der Waals surface area contributed by atoms with Crippen molar-refractivity contribution in [2.24, 2.45) is 0 Å². The lowest BCUT2D eigenvalue weighted by atomic mass is 10.1. The number of rotatable bonds is 14. The molecule has 1 aromatic heterocycles. The highest BCUT2D eigenvalue weighted by atomic mass is 19.3. The fraction of sp³-hybridized carbons (Fsp3) is 0.472. The van der Waals surface area contributed by atoms with Gasteiger partial charge in [0, 0.05) is 31.0 Å². The summed E-state index contributed by atoms with van der Waals surface area (Å²) in [6.45, 7) is 1.23. The number of piperidine rings is 1. The van der Waals surface area contributed by atoms with Crippen molar-refractivity contribution in [1.82, 2.24) is 25.4 Å². The fourth-order valence-corrected chi connectivity index (χ4v) is 6.55. The van der Waals surface area contributed by atoms with Gasteiger partial charge in [0.1, 0.15) is 0 Å². The Balaban J connectivity index is 1.18. The molecule has 0 aliphatic carbocycles. The summed E-state index contributed by atoms with van der Waals surface area (Å²) < 4.78 is 39.6. The average molecular weight is 711 g/mol. The van der Waals surface area contributed by atoms with E-state index in [2.05, 4.69) is 25.8 Å². The molecule has 0 radical (unpaired) electrons. The number of ether oxygens (including phenoxy) is 2. The van der Waals surface area contributed by atoms with Crippen LogP contribution in [-0.4, -0.2) is 109 Å². The van der Waals surface area contributed by atoms with Gasteiger partial charge in [0.2, 0.25) is 11.8 Å². The van der Waals surface area contributed by atoms with Crippen molar-refractivity contribution in [2.75, 3.05) is 52.3 Å². The van der Waals surface area contributed by atoms with Crippen LogP contribution in [0.5, 0.6) is 11.5 Å². The van der Waals surface area contributed by atoms with E-state index >= 15 is 0 Å². The first-order valence-electron chi connectivity index (χ1n) is 17.0. The van der Waals surface area contributed by atoms with Crippen LogP contribution in [0.15, 0.2) is 48.7 Å². The zero-order valence-electron chi connectivity index (χ0n) is 28.8. The van der Waals surface area contributed by atoms with Gasteiger partial charge in [0.15, 0.2) is 17.6 Å². The number of alkyl halides is 2. The third-order valence-corrected chi connectivity index (χ3v) is 9.19. The third kappa shape index (κ3) is 9.47. The number of carbonyl (C=O) groups excluding carboxylic acids is 4. The molecule has 2 aliphatic heterocycles. The minimum atomic E-state index is -3.36. The van der Waals surface area contributed by atoms with E-state index in [-0.39, 0.29) is 18.0 Å². The van der Waals surface area contributed by atoms with Crippen molar-refractivity contribution in [1.29, 1.82) is 0 Å². The van der Waals surface area contributed by atoms with E-state index in [1.165, 1.54) is 45.7 Å². The van der Waals surface area contributed by atoms with Crippen LogP contribution in [0.3, 0.4) is 0 Å². The molecule has 2 aliphatic rings. The molecule has 4 N–H and O–H groups in total. The number of nitrogens with one attached hydrogen (secondary N) is 3. The van der Waals surface area contributed by atoms with E-state index in [4.69, 9.17) is 9.47 Å². The minimum absolute atomic E-state index is 0.0482. The van der Waals surface area contributed by atoms with Gasteiger partial charge in [0.05, 0.1) is 50.1 Å². The van der Waals surface area contributed by atoms with E-state index in [1.54, 1.807) is 36.4 Å². The second-order valence-electron chi connectivity index (χ2n) is 12.8. The Labute approximate surface area is 294 Å². The van der Waals surface area contributed by atoms with E-state index in [0.29, 0.717) is 40.1 Å². The van der Waals surface area contributed by atoms with Gasteiger partial charge < -0.3 is 40.3 Å². The van der Waals surface area contributed by atoms with Crippen LogP contribution in [0.25, 0.3) is 10.9 Å². The Bertz CT molecular complexity index is 1740. The molecule has 5 rings (SSSR count). The molecule has 3 aromatic rings. The summed E-state index contributed by atoms with van der Waals surface area (Å²) in [4.78, 5) is 59.5. The normalized spacial score (nSPS) is 17.8. The number of methoxy groups -OCH3 is 2. The first-order valence-corrected chi connectivity index (χ1v) is 17.0.